The van der Waals surface area contributed by atoms with Crippen LogP contribution < -0.4 is 5.32 Å². The average molecular weight is 532 g/mol. The fourth-order valence-corrected chi connectivity index (χ4v) is 4.25. The van der Waals surface area contributed by atoms with Crippen molar-refractivity contribution < 1.29 is 4.52 Å². The van der Waals surface area contributed by atoms with Gasteiger partial charge < -0.3 is 14.7 Å². The predicted molar refractivity (Wildman–Crippen MR) is 129 cm³/mol. The molecule has 2 aromatic heterocycles. The number of aromatic nitrogens is 2. The highest BCUT2D eigenvalue weighted by molar-refractivity contribution is 14.0. The number of halogens is 1. The Balaban J connectivity index is 0.00000300. The summed E-state index contributed by atoms with van der Waals surface area (Å²) in [5, 5.41) is 11.0. The summed E-state index contributed by atoms with van der Waals surface area (Å²) in [5.74, 6) is 1.85. The monoisotopic (exact) mass is 532 g/mol. The smallest absolute Gasteiger partial charge is 0.193 e. The highest BCUT2D eigenvalue weighted by Crippen LogP contribution is 2.23. The first-order chi connectivity index (χ1) is 13.3. The molecule has 1 aliphatic rings. The first-order valence-electron chi connectivity index (χ1n) is 9.90. The standard InChI is InChI=1S/C20H32N6OS.HI/c1-15-12-16(24-27-15)13-25-8-10-26(11-9-25)19(21-5)22-7-6-18-23-17(14-28-18)20(2,3)4;/h12,14H,6-11,13H2,1-5H3,(H,21,22);1H. The summed E-state index contributed by atoms with van der Waals surface area (Å²) in [7, 11) is 1.86. The third kappa shape index (κ3) is 6.92. The van der Waals surface area contributed by atoms with Gasteiger partial charge in [0.15, 0.2) is 5.96 Å². The Hall–Kier alpha value is -1.20. The van der Waals surface area contributed by atoms with Crippen molar-refractivity contribution >= 4 is 41.3 Å². The molecule has 0 unspecified atom stereocenters. The molecular formula is C20H33IN6OS. The van der Waals surface area contributed by atoms with E-state index in [4.69, 9.17) is 9.51 Å². The molecule has 0 spiro atoms. The van der Waals surface area contributed by atoms with Crippen molar-refractivity contribution in [3.05, 3.63) is 33.6 Å². The lowest BCUT2D eigenvalue weighted by atomic mass is 9.93. The van der Waals surface area contributed by atoms with Crippen LogP contribution in [-0.2, 0) is 18.4 Å². The summed E-state index contributed by atoms with van der Waals surface area (Å²) >= 11 is 1.75. The van der Waals surface area contributed by atoms with Crippen molar-refractivity contribution in [2.45, 2.75) is 46.1 Å². The van der Waals surface area contributed by atoms with Crippen LogP contribution in [0.15, 0.2) is 21.0 Å². The van der Waals surface area contributed by atoms with Crippen LogP contribution in [0.25, 0.3) is 0 Å². The second-order valence-corrected chi connectivity index (χ2v) is 9.24. The second kappa shape index (κ2) is 10.7. The molecule has 3 rings (SSSR count). The van der Waals surface area contributed by atoms with Crippen LogP contribution in [0.3, 0.4) is 0 Å². The van der Waals surface area contributed by atoms with E-state index in [2.05, 4.69) is 51.4 Å². The third-order valence-electron chi connectivity index (χ3n) is 4.89. The largest absolute Gasteiger partial charge is 0.361 e. The van der Waals surface area contributed by atoms with Gasteiger partial charge in [-0.2, -0.15) is 0 Å². The number of hydrogen-bond donors (Lipinski definition) is 1. The number of hydrogen-bond acceptors (Lipinski definition) is 6. The summed E-state index contributed by atoms with van der Waals surface area (Å²) in [5.41, 5.74) is 2.30. The highest BCUT2D eigenvalue weighted by Gasteiger charge is 2.21. The molecule has 2 aromatic rings. The summed E-state index contributed by atoms with van der Waals surface area (Å²) in [4.78, 5) is 14.0. The first-order valence-corrected chi connectivity index (χ1v) is 10.8. The zero-order valence-corrected chi connectivity index (χ0v) is 21.2. The Morgan fingerprint density at radius 3 is 2.55 bits per heavy atom. The molecule has 1 aliphatic heterocycles. The summed E-state index contributed by atoms with van der Waals surface area (Å²) < 4.78 is 5.16. The van der Waals surface area contributed by atoms with Gasteiger partial charge in [0.05, 0.1) is 16.4 Å². The normalized spacial score (nSPS) is 16.0. The zero-order chi connectivity index (χ0) is 20.1. The fraction of sp³-hybridized carbons (Fsp3) is 0.650. The molecule has 0 atom stereocenters. The Morgan fingerprint density at radius 2 is 2.00 bits per heavy atom. The number of aliphatic imine (C=N–C) groups is 1. The molecule has 3 heterocycles. The highest BCUT2D eigenvalue weighted by atomic mass is 127. The minimum absolute atomic E-state index is 0. The Kier molecular flexibility index (Phi) is 8.90. The zero-order valence-electron chi connectivity index (χ0n) is 18.1. The molecule has 7 nitrogen and oxygen atoms in total. The molecule has 0 bridgehead atoms. The molecule has 162 valence electrons. The van der Waals surface area contributed by atoms with Gasteiger partial charge in [0, 0.05) is 69.6 Å². The van der Waals surface area contributed by atoms with Crippen molar-refractivity contribution in [2.24, 2.45) is 4.99 Å². The maximum atomic E-state index is 5.16. The maximum Gasteiger partial charge on any atom is 0.193 e. The van der Waals surface area contributed by atoms with Gasteiger partial charge in [-0.05, 0) is 6.92 Å². The van der Waals surface area contributed by atoms with Crippen LogP contribution in [0.5, 0.6) is 0 Å². The number of thiazole rings is 1. The minimum atomic E-state index is 0. The van der Waals surface area contributed by atoms with Crippen molar-refractivity contribution in [3.63, 3.8) is 0 Å². The molecule has 9 heteroatoms. The van der Waals surface area contributed by atoms with E-state index in [1.165, 1.54) is 10.7 Å². The second-order valence-electron chi connectivity index (χ2n) is 8.29. The summed E-state index contributed by atoms with van der Waals surface area (Å²) in [6.07, 6.45) is 0.922. The molecule has 0 saturated carbocycles. The van der Waals surface area contributed by atoms with Crippen molar-refractivity contribution in [1.29, 1.82) is 0 Å². The average Bonchev–Trinajstić information content (AvgIpc) is 3.29. The number of nitrogens with zero attached hydrogens (tertiary/aromatic N) is 5. The van der Waals surface area contributed by atoms with Crippen LogP contribution in [0, 0.1) is 6.92 Å². The lowest BCUT2D eigenvalue weighted by Crippen LogP contribution is -2.52. The molecule has 0 radical (unpaired) electrons. The van der Waals surface area contributed by atoms with Gasteiger partial charge in [-0.25, -0.2) is 4.98 Å². The Morgan fingerprint density at radius 1 is 1.28 bits per heavy atom. The van der Waals surface area contributed by atoms with Gasteiger partial charge in [0.25, 0.3) is 0 Å². The van der Waals surface area contributed by atoms with Crippen LogP contribution in [0.2, 0.25) is 0 Å². The van der Waals surface area contributed by atoms with Crippen molar-refractivity contribution in [2.75, 3.05) is 39.8 Å². The topological polar surface area (TPSA) is 69.8 Å². The molecule has 1 fully saturated rings. The van der Waals surface area contributed by atoms with Crippen molar-refractivity contribution in [3.8, 4) is 0 Å². The van der Waals surface area contributed by atoms with E-state index in [9.17, 15) is 0 Å². The lowest BCUT2D eigenvalue weighted by molar-refractivity contribution is 0.169. The Labute approximate surface area is 195 Å². The number of piperazine rings is 1. The number of rotatable bonds is 5. The van der Waals surface area contributed by atoms with Crippen LogP contribution in [0.4, 0.5) is 0 Å². The molecule has 1 N–H and O–H groups in total. The van der Waals surface area contributed by atoms with E-state index in [1.54, 1.807) is 11.3 Å². The number of guanidine groups is 1. The molecule has 29 heavy (non-hydrogen) atoms. The Bertz CT molecular complexity index is 789. The van der Waals surface area contributed by atoms with E-state index in [-0.39, 0.29) is 29.4 Å². The van der Waals surface area contributed by atoms with Gasteiger partial charge in [-0.15, -0.1) is 35.3 Å². The van der Waals surface area contributed by atoms with Gasteiger partial charge in [0.1, 0.15) is 5.76 Å². The lowest BCUT2D eigenvalue weighted by Gasteiger charge is -2.36. The van der Waals surface area contributed by atoms with E-state index in [1.807, 2.05) is 20.0 Å². The maximum absolute atomic E-state index is 5.16. The van der Waals surface area contributed by atoms with E-state index in [0.717, 1.165) is 63.1 Å². The van der Waals surface area contributed by atoms with Gasteiger partial charge in [0.2, 0.25) is 0 Å². The van der Waals surface area contributed by atoms with Crippen LogP contribution in [-0.4, -0.2) is 65.7 Å². The third-order valence-corrected chi connectivity index (χ3v) is 5.80. The molecular weight excluding hydrogens is 499 g/mol. The molecule has 0 aromatic carbocycles. The van der Waals surface area contributed by atoms with Crippen LogP contribution in [0.1, 0.15) is 42.9 Å². The minimum Gasteiger partial charge on any atom is -0.361 e. The van der Waals surface area contributed by atoms with Crippen LogP contribution >= 0.6 is 35.3 Å². The van der Waals surface area contributed by atoms with E-state index < -0.39 is 0 Å². The van der Waals surface area contributed by atoms with Gasteiger partial charge >= 0.3 is 0 Å². The molecule has 1 saturated heterocycles. The fourth-order valence-electron chi connectivity index (χ4n) is 3.22. The van der Waals surface area contributed by atoms with Crippen molar-refractivity contribution in [1.82, 2.24) is 25.3 Å². The SMILES string of the molecule is CN=C(NCCc1nc(C(C)(C)C)cs1)N1CCN(Cc2cc(C)on2)CC1.I. The number of nitrogens with one attached hydrogen (secondary N) is 1. The van der Waals surface area contributed by atoms with Gasteiger partial charge in [-0.3, -0.25) is 9.89 Å². The first kappa shape index (κ1) is 24.1. The van der Waals surface area contributed by atoms with Gasteiger partial charge in [-0.1, -0.05) is 25.9 Å². The summed E-state index contributed by atoms with van der Waals surface area (Å²) in [6.45, 7) is 14.1. The predicted octanol–water partition coefficient (Wildman–Crippen LogP) is 3.29. The number of aryl methyl sites for hydroxylation is 1. The van der Waals surface area contributed by atoms with E-state index in [0.29, 0.717) is 0 Å². The quantitative estimate of drug-likeness (QED) is 0.362. The van der Waals surface area contributed by atoms with E-state index >= 15 is 0 Å². The molecule has 0 amide bonds. The molecule has 0 aliphatic carbocycles. The summed E-state index contributed by atoms with van der Waals surface area (Å²) in [6, 6.07) is 2.01.